The number of thioether (sulfide) groups is 1. The lowest BCUT2D eigenvalue weighted by Crippen LogP contribution is -2.34. The molecule has 1 saturated heterocycles. The molecule has 0 bridgehead atoms. The van der Waals surface area contributed by atoms with Gasteiger partial charge in [-0.15, -0.1) is 11.8 Å². The van der Waals surface area contributed by atoms with Crippen LogP contribution in [0.15, 0.2) is 30.3 Å². The third-order valence-corrected chi connectivity index (χ3v) is 3.64. The molecule has 3 nitrogen and oxygen atoms in total. The fraction of sp³-hybridized carbons (Fsp3) is 0.364. The number of benzene rings is 1. The molecule has 0 spiro atoms. The molecule has 2 atom stereocenters. The Balaban J connectivity index is 2.02. The number of methoxy groups -OCH3 is 1. The molecule has 0 aromatic heterocycles. The van der Waals surface area contributed by atoms with Crippen molar-refractivity contribution in [2.24, 2.45) is 0 Å². The second-order valence-corrected chi connectivity index (χ2v) is 4.50. The van der Waals surface area contributed by atoms with Gasteiger partial charge in [0.1, 0.15) is 6.04 Å². The number of nitrogens with one attached hydrogen (secondary N) is 1. The first kappa shape index (κ1) is 10.5. The van der Waals surface area contributed by atoms with Crippen LogP contribution in [0.2, 0.25) is 0 Å². The van der Waals surface area contributed by atoms with Crippen molar-refractivity contribution in [3.63, 3.8) is 0 Å². The van der Waals surface area contributed by atoms with Gasteiger partial charge in [0.2, 0.25) is 0 Å². The second kappa shape index (κ2) is 4.68. The van der Waals surface area contributed by atoms with Crippen LogP contribution in [0.3, 0.4) is 0 Å². The van der Waals surface area contributed by atoms with Gasteiger partial charge in [0.05, 0.1) is 12.5 Å². The minimum absolute atomic E-state index is 0.176. The Labute approximate surface area is 93.2 Å². The Morgan fingerprint density at radius 2 is 2.20 bits per heavy atom. The highest BCUT2D eigenvalue weighted by Gasteiger charge is 2.30. The van der Waals surface area contributed by atoms with Crippen molar-refractivity contribution in [1.82, 2.24) is 5.32 Å². The van der Waals surface area contributed by atoms with Crippen LogP contribution in [0, 0.1) is 0 Å². The summed E-state index contributed by atoms with van der Waals surface area (Å²) in [5.74, 6) is 0.590. The van der Waals surface area contributed by atoms with Crippen LogP contribution >= 0.6 is 11.8 Å². The van der Waals surface area contributed by atoms with E-state index < -0.39 is 0 Å². The lowest BCUT2D eigenvalue weighted by Gasteiger charge is -2.11. The summed E-state index contributed by atoms with van der Waals surface area (Å²) >= 11 is 1.74. The molecule has 0 radical (unpaired) electrons. The smallest absolute Gasteiger partial charge is 0.323 e. The number of carbonyl (C=O) groups is 1. The van der Waals surface area contributed by atoms with Gasteiger partial charge in [0.15, 0.2) is 0 Å². The number of rotatable bonds is 2. The van der Waals surface area contributed by atoms with Crippen molar-refractivity contribution in [3.8, 4) is 0 Å². The van der Waals surface area contributed by atoms with Crippen LogP contribution in [0.1, 0.15) is 10.9 Å². The minimum atomic E-state index is -0.180. The monoisotopic (exact) mass is 223 g/mol. The van der Waals surface area contributed by atoms with Gasteiger partial charge >= 0.3 is 5.97 Å². The van der Waals surface area contributed by atoms with Gasteiger partial charge in [-0.25, -0.2) is 0 Å². The molecule has 1 aromatic rings. The fourth-order valence-electron chi connectivity index (χ4n) is 1.57. The Hall–Kier alpha value is -1.00. The topological polar surface area (TPSA) is 38.3 Å². The van der Waals surface area contributed by atoms with Crippen molar-refractivity contribution < 1.29 is 9.53 Å². The normalized spacial score (nSPS) is 25.1. The highest BCUT2D eigenvalue weighted by molar-refractivity contribution is 7.99. The summed E-state index contributed by atoms with van der Waals surface area (Å²) in [6, 6.07) is 9.94. The van der Waals surface area contributed by atoms with Gasteiger partial charge in [-0.05, 0) is 5.56 Å². The molecule has 0 amide bonds. The fourth-order valence-corrected chi connectivity index (χ4v) is 2.80. The summed E-state index contributed by atoms with van der Waals surface area (Å²) in [4.78, 5) is 11.3. The molecule has 4 heteroatoms. The molecule has 1 N–H and O–H groups in total. The molecular formula is C11H13NO2S. The third kappa shape index (κ3) is 2.33. The maximum absolute atomic E-state index is 11.3. The van der Waals surface area contributed by atoms with Crippen molar-refractivity contribution in [1.29, 1.82) is 0 Å². The molecule has 1 fully saturated rings. The first-order chi connectivity index (χ1) is 7.31. The van der Waals surface area contributed by atoms with Gasteiger partial charge in [0.25, 0.3) is 0 Å². The summed E-state index contributed by atoms with van der Waals surface area (Å²) in [5, 5.41) is 3.45. The maximum Gasteiger partial charge on any atom is 0.323 e. The number of carbonyl (C=O) groups excluding carboxylic acids is 1. The van der Waals surface area contributed by atoms with Gasteiger partial charge in [-0.1, -0.05) is 30.3 Å². The zero-order valence-corrected chi connectivity index (χ0v) is 9.29. The maximum atomic E-state index is 11.3. The molecule has 2 rings (SSSR count). The lowest BCUT2D eigenvalue weighted by molar-refractivity contribution is -0.142. The number of esters is 1. The van der Waals surface area contributed by atoms with E-state index in [0.717, 1.165) is 5.75 Å². The zero-order chi connectivity index (χ0) is 10.7. The molecular weight excluding hydrogens is 210 g/mol. The van der Waals surface area contributed by atoms with Crippen molar-refractivity contribution in [2.45, 2.75) is 11.4 Å². The number of hydrogen-bond donors (Lipinski definition) is 1. The van der Waals surface area contributed by atoms with E-state index in [9.17, 15) is 4.79 Å². The average Bonchev–Trinajstić information content (AvgIpc) is 2.78. The Bertz CT molecular complexity index is 342. The van der Waals surface area contributed by atoms with Gasteiger partial charge < -0.3 is 4.74 Å². The summed E-state index contributed by atoms with van der Waals surface area (Å²) in [6.45, 7) is 0. The number of hydrogen-bond acceptors (Lipinski definition) is 4. The predicted molar refractivity (Wildman–Crippen MR) is 60.6 cm³/mol. The van der Waals surface area contributed by atoms with E-state index in [1.807, 2.05) is 18.2 Å². The average molecular weight is 223 g/mol. The minimum Gasteiger partial charge on any atom is -0.468 e. The lowest BCUT2D eigenvalue weighted by atomic mass is 10.2. The molecule has 80 valence electrons. The van der Waals surface area contributed by atoms with Gasteiger partial charge in [0, 0.05) is 5.75 Å². The molecule has 0 saturated carbocycles. The van der Waals surface area contributed by atoms with E-state index in [1.165, 1.54) is 12.7 Å². The Kier molecular flexibility index (Phi) is 3.28. The summed E-state index contributed by atoms with van der Waals surface area (Å²) < 4.78 is 4.70. The molecule has 1 heterocycles. The molecule has 0 aliphatic carbocycles. The SMILES string of the molecule is COC(=O)[C@H]1CS[C@H](c2ccccc2)N1. The predicted octanol–water partition coefficient (Wildman–Crippen LogP) is 1.56. The van der Waals surface area contributed by atoms with Crippen molar-refractivity contribution in [3.05, 3.63) is 35.9 Å². The third-order valence-electron chi connectivity index (χ3n) is 2.37. The summed E-state index contributed by atoms with van der Waals surface area (Å²) in [5.41, 5.74) is 1.20. The van der Waals surface area contributed by atoms with E-state index in [4.69, 9.17) is 4.74 Å². The summed E-state index contributed by atoms with van der Waals surface area (Å²) in [7, 11) is 1.42. The van der Waals surface area contributed by atoms with Crippen LogP contribution in [0.25, 0.3) is 0 Å². The Morgan fingerprint density at radius 1 is 1.47 bits per heavy atom. The molecule has 1 aromatic carbocycles. The first-order valence-electron chi connectivity index (χ1n) is 4.81. The highest BCUT2D eigenvalue weighted by Crippen LogP contribution is 2.32. The van der Waals surface area contributed by atoms with Crippen molar-refractivity contribution >= 4 is 17.7 Å². The van der Waals surface area contributed by atoms with E-state index >= 15 is 0 Å². The van der Waals surface area contributed by atoms with E-state index in [2.05, 4.69) is 17.4 Å². The van der Waals surface area contributed by atoms with E-state index in [1.54, 1.807) is 11.8 Å². The van der Waals surface area contributed by atoms with Crippen LogP contribution in [-0.2, 0) is 9.53 Å². The zero-order valence-electron chi connectivity index (χ0n) is 8.47. The second-order valence-electron chi connectivity index (χ2n) is 3.37. The Morgan fingerprint density at radius 3 is 2.87 bits per heavy atom. The van der Waals surface area contributed by atoms with Gasteiger partial charge in [-0.3, -0.25) is 10.1 Å². The molecule has 0 unspecified atom stereocenters. The summed E-state index contributed by atoms with van der Waals surface area (Å²) in [6.07, 6.45) is 0. The van der Waals surface area contributed by atoms with Crippen LogP contribution in [-0.4, -0.2) is 24.9 Å². The van der Waals surface area contributed by atoms with Crippen LogP contribution in [0.5, 0.6) is 0 Å². The van der Waals surface area contributed by atoms with E-state index in [-0.39, 0.29) is 17.4 Å². The molecule has 1 aliphatic rings. The molecule has 1 aliphatic heterocycles. The van der Waals surface area contributed by atoms with Gasteiger partial charge in [-0.2, -0.15) is 0 Å². The van der Waals surface area contributed by atoms with E-state index in [0.29, 0.717) is 0 Å². The largest absolute Gasteiger partial charge is 0.468 e. The van der Waals surface area contributed by atoms with Crippen molar-refractivity contribution in [2.75, 3.05) is 12.9 Å². The highest BCUT2D eigenvalue weighted by atomic mass is 32.2. The van der Waals surface area contributed by atoms with Crippen LogP contribution in [0.4, 0.5) is 0 Å². The standard InChI is InChI=1S/C11H13NO2S/c1-14-11(13)9-7-15-10(12-9)8-5-3-2-4-6-8/h2-6,9-10,12H,7H2,1H3/t9-,10-/m1/s1. The molecule has 15 heavy (non-hydrogen) atoms. The first-order valence-corrected chi connectivity index (χ1v) is 5.86. The van der Waals surface area contributed by atoms with Crippen LogP contribution < -0.4 is 5.32 Å². The number of ether oxygens (including phenoxy) is 1. The quantitative estimate of drug-likeness (QED) is 0.772.